The van der Waals surface area contributed by atoms with E-state index in [0.29, 0.717) is 12.6 Å². The summed E-state index contributed by atoms with van der Waals surface area (Å²) < 4.78 is 5.74. The maximum absolute atomic E-state index is 5.74. The first-order chi connectivity index (χ1) is 9.19. The third kappa shape index (κ3) is 5.36. The van der Waals surface area contributed by atoms with Gasteiger partial charge in [0.2, 0.25) is 0 Å². The quantitative estimate of drug-likeness (QED) is 0.565. The molecule has 0 bridgehead atoms. The van der Waals surface area contributed by atoms with Crippen LogP contribution in [0.3, 0.4) is 0 Å². The SMILES string of the molecule is C#CCCCOc1ccc(C(C)NCCC)cc1C. The maximum atomic E-state index is 5.74. The molecule has 0 spiro atoms. The topological polar surface area (TPSA) is 21.3 Å². The molecule has 0 amide bonds. The highest BCUT2D eigenvalue weighted by molar-refractivity contribution is 5.37. The van der Waals surface area contributed by atoms with E-state index < -0.39 is 0 Å². The second-order valence-electron chi connectivity index (χ2n) is 4.86. The number of aryl methyl sites for hydroxylation is 1. The summed E-state index contributed by atoms with van der Waals surface area (Å²) in [4.78, 5) is 0. The van der Waals surface area contributed by atoms with Crippen molar-refractivity contribution in [1.82, 2.24) is 5.32 Å². The van der Waals surface area contributed by atoms with Gasteiger partial charge in [-0.15, -0.1) is 12.3 Å². The smallest absolute Gasteiger partial charge is 0.122 e. The van der Waals surface area contributed by atoms with Gasteiger partial charge in [0.05, 0.1) is 6.61 Å². The zero-order chi connectivity index (χ0) is 14.1. The Morgan fingerprint density at radius 3 is 2.84 bits per heavy atom. The van der Waals surface area contributed by atoms with Crippen molar-refractivity contribution in [2.24, 2.45) is 0 Å². The molecule has 104 valence electrons. The monoisotopic (exact) mass is 259 g/mol. The van der Waals surface area contributed by atoms with E-state index in [0.717, 1.165) is 31.6 Å². The summed E-state index contributed by atoms with van der Waals surface area (Å²) in [6.07, 6.45) is 8.05. The van der Waals surface area contributed by atoms with Gasteiger partial charge in [-0.05, 0) is 50.4 Å². The Morgan fingerprint density at radius 2 is 2.21 bits per heavy atom. The van der Waals surface area contributed by atoms with Gasteiger partial charge in [-0.25, -0.2) is 0 Å². The minimum Gasteiger partial charge on any atom is -0.493 e. The van der Waals surface area contributed by atoms with Crippen LogP contribution in [0.2, 0.25) is 0 Å². The second-order valence-corrected chi connectivity index (χ2v) is 4.86. The number of unbranched alkanes of at least 4 members (excludes halogenated alkanes) is 1. The van der Waals surface area contributed by atoms with Crippen LogP contribution < -0.4 is 10.1 Å². The van der Waals surface area contributed by atoms with Crippen LogP contribution in [0.1, 0.15) is 50.3 Å². The second kappa shape index (κ2) is 8.61. The van der Waals surface area contributed by atoms with Gasteiger partial charge in [-0.2, -0.15) is 0 Å². The van der Waals surface area contributed by atoms with E-state index in [4.69, 9.17) is 11.2 Å². The van der Waals surface area contributed by atoms with Gasteiger partial charge >= 0.3 is 0 Å². The molecule has 0 aromatic heterocycles. The molecule has 1 aromatic carbocycles. The molecular weight excluding hydrogens is 234 g/mol. The molecule has 1 rings (SSSR count). The molecule has 1 atom stereocenters. The molecule has 0 fully saturated rings. The number of nitrogens with one attached hydrogen (secondary N) is 1. The molecule has 0 aliphatic carbocycles. The van der Waals surface area contributed by atoms with Gasteiger partial charge < -0.3 is 10.1 Å². The minimum absolute atomic E-state index is 0.383. The van der Waals surface area contributed by atoms with Gasteiger partial charge in [0.15, 0.2) is 0 Å². The average molecular weight is 259 g/mol. The molecule has 2 heteroatoms. The van der Waals surface area contributed by atoms with Crippen molar-refractivity contribution in [3.05, 3.63) is 29.3 Å². The summed E-state index contributed by atoms with van der Waals surface area (Å²) in [5, 5.41) is 3.49. The fraction of sp³-hybridized carbons (Fsp3) is 0.529. The molecule has 0 saturated carbocycles. The van der Waals surface area contributed by atoms with E-state index >= 15 is 0 Å². The van der Waals surface area contributed by atoms with Crippen LogP contribution in [0.4, 0.5) is 0 Å². The Bertz CT molecular complexity index is 420. The molecule has 0 saturated heterocycles. The fourth-order valence-corrected chi connectivity index (χ4v) is 1.94. The van der Waals surface area contributed by atoms with Gasteiger partial charge in [0.25, 0.3) is 0 Å². The van der Waals surface area contributed by atoms with Crippen molar-refractivity contribution in [2.75, 3.05) is 13.2 Å². The number of hydrogen-bond donors (Lipinski definition) is 1. The van der Waals surface area contributed by atoms with Crippen LogP contribution in [0.5, 0.6) is 5.75 Å². The predicted octanol–water partition coefficient (Wildman–Crippen LogP) is 3.85. The summed E-state index contributed by atoms with van der Waals surface area (Å²) in [6.45, 7) is 8.20. The lowest BCUT2D eigenvalue weighted by Crippen LogP contribution is -2.19. The summed E-state index contributed by atoms with van der Waals surface area (Å²) in [5.74, 6) is 3.59. The lowest BCUT2D eigenvalue weighted by atomic mass is 10.0. The summed E-state index contributed by atoms with van der Waals surface area (Å²) in [5.41, 5.74) is 2.49. The molecule has 1 N–H and O–H groups in total. The first kappa shape index (κ1) is 15.6. The molecular formula is C17H25NO. The molecule has 0 aliphatic rings. The van der Waals surface area contributed by atoms with Crippen LogP contribution in [-0.4, -0.2) is 13.2 Å². The Balaban J connectivity index is 2.56. The highest BCUT2D eigenvalue weighted by Gasteiger charge is 2.07. The Hall–Kier alpha value is -1.46. The van der Waals surface area contributed by atoms with Crippen LogP contribution in [-0.2, 0) is 0 Å². The summed E-state index contributed by atoms with van der Waals surface area (Å²) >= 11 is 0. The highest BCUT2D eigenvalue weighted by Crippen LogP contribution is 2.23. The zero-order valence-corrected chi connectivity index (χ0v) is 12.3. The number of rotatable bonds is 8. The molecule has 0 heterocycles. The normalized spacial score (nSPS) is 11.9. The molecule has 2 nitrogen and oxygen atoms in total. The number of benzene rings is 1. The first-order valence-electron chi connectivity index (χ1n) is 7.09. The van der Waals surface area contributed by atoms with Gasteiger partial charge in [0.1, 0.15) is 5.75 Å². The van der Waals surface area contributed by atoms with E-state index in [1.807, 2.05) is 0 Å². The van der Waals surface area contributed by atoms with Crippen molar-refractivity contribution in [3.63, 3.8) is 0 Å². The number of ether oxygens (including phenoxy) is 1. The zero-order valence-electron chi connectivity index (χ0n) is 12.3. The van der Waals surface area contributed by atoms with E-state index in [1.54, 1.807) is 0 Å². The Labute approximate surface area is 117 Å². The standard InChI is InChI=1S/C17H25NO/c1-5-7-8-12-19-17-10-9-16(13-14(17)3)15(4)18-11-6-2/h1,9-10,13,15,18H,6-8,11-12H2,2-4H3. The average Bonchev–Trinajstić information content (AvgIpc) is 2.42. The fourth-order valence-electron chi connectivity index (χ4n) is 1.94. The highest BCUT2D eigenvalue weighted by atomic mass is 16.5. The van der Waals surface area contributed by atoms with Crippen LogP contribution in [0.15, 0.2) is 18.2 Å². The minimum atomic E-state index is 0.383. The van der Waals surface area contributed by atoms with Crippen molar-refractivity contribution >= 4 is 0 Å². The van der Waals surface area contributed by atoms with Crippen LogP contribution in [0, 0.1) is 19.3 Å². The summed E-state index contributed by atoms with van der Waals surface area (Å²) in [7, 11) is 0. The van der Waals surface area contributed by atoms with Gasteiger partial charge in [-0.1, -0.05) is 19.1 Å². The van der Waals surface area contributed by atoms with Crippen LogP contribution in [0.25, 0.3) is 0 Å². The lowest BCUT2D eigenvalue weighted by Gasteiger charge is -2.16. The Kier molecular flexibility index (Phi) is 7.07. The molecule has 0 aliphatic heterocycles. The van der Waals surface area contributed by atoms with E-state index in [9.17, 15) is 0 Å². The molecule has 0 radical (unpaired) electrons. The maximum Gasteiger partial charge on any atom is 0.122 e. The lowest BCUT2D eigenvalue weighted by molar-refractivity contribution is 0.310. The van der Waals surface area contributed by atoms with Crippen molar-refractivity contribution in [3.8, 4) is 18.1 Å². The van der Waals surface area contributed by atoms with Crippen molar-refractivity contribution in [2.45, 2.75) is 46.1 Å². The van der Waals surface area contributed by atoms with Crippen LogP contribution >= 0.6 is 0 Å². The molecule has 1 aromatic rings. The first-order valence-corrected chi connectivity index (χ1v) is 7.09. The molecule has 1 unspecified atom stereocenters. The number of hydrogen-bond acceptors (Lipinski definition) is 2. The summed E-state index contributed by atoms with van der Waals surface area (Å²) in [6, 6.07) is 6.78. The largest absolute Gasteiger partial charge is 0.493 e. The van der Waals surface area contributed by atoms with Gasteiger partial charge in [-0.3, -0.25) is 0 Å². The third-order valence-electron chi connectivity index (χ3n) is 3.12. The van der Waals surface area contributed by atoms with E-state index in [2.05, 4.69) is 50.2 Å². The van der Waals surface area contributed by atoms with Crippen molar-refractivity contribution < 1.29 is 4.74 Å². The van der Waals surface area contributed by atoms with E-state index in [1.165, 1.54) is 11.1 Å². The van der Waals surface area contributed by atoms with Gasteiger partial charge in [0, 0.05) is 12.5 Å². The van der Waals surface area contributed by atoms with Crippen molar-refractivity contribution in [1.29, 1.82) is 0 Å². The Morgan fingerprint density at radius 1 is 1.42 bits per heavy atom. The van der Waals surface area contributed by atoms with E-state index in [-0.39, 0.29) is 0 Å². The number of terminal acetylenes is 1. The molecule has 19 heavy (non-hydrogen) atoms. The third-order valence-corrected chi connectivity index (χ3v) is 3.12. The predicted molar refractivity (Wildman–Crippen MR) is 81.4 cm³/mol.